The summed E-state index contributed by atoms with van der Waals surface area (Å²) in [5, 5.41) is 16.4. The maximum Gasteiger partial charge on any atom is 0.115 e. The molecule has 1 aromatic heterocycles. The minimum atomic E-state index is 0.331. The summed E-state index contributed by atoms with van der Waals surface area (Å²) in [5.41, 5.74) is 3.71. The molecule has 3 nitrogen and oxygen atoms in total. The van der Waals surface area contributed by atoms with Crippen molar-refractivity contribution < 1.29 is 5.11 Å². The number of nitrogens with one attached hydrogen (secondary N) is 1. The molecule has 0 fully saturated rings. The van der Waals surface area contributed by atoms with Crippen LogP contribution in [-0.4, -0.2) is 10.1 Å². The third kappa shape index (κ3) is 2.80. The van der Waals surface area contributed by atoms with E-state index in [0.29, 0.717) is 11.8 Å². The molecule has 0 saturated heterocycles. The Bertz CT molecular complexity index is 579. The van der Waals surface area contributed by atoms with Gasteiger partial charge in [0.25, 0.3) is 0 Å². The minimum Gasteiger partial charge on any atom is -0.508 e. The first kappa shape index (κ1) is 12.6. The molecular formula is C15H18N2OS. The molecule has 0 amide bonds. The van der Waals surface area contributed by atoms with Crippen LogP contribution >= 0.6 is 11.3 Å². The Labute approximate surface area is 117 Å². The van der Waals surface area contributed by atoms with E-state index in [4.69, 9.17) is 0 Å². The highest BCUT2D eigenvalue weighted by Gasteiger charge is 2.20. The van der Waals surface area contributed by atoms with Gasteiger partial charge in [0, 0.05) is 18.0 Å². The minimum absolute atomic E-state index is 0.331. The van der Waals surface area contributed by atoms with Crippen molar-refractivity contribution in [2.45, 2.75) is 38.8 Å². The summed E-state index contributed by atoms with van der Waals surface area (Å²) in [6, 6.07) is 6.06. The van der Waals surface area contributed by atoms with Crippen LogP contribution in [0.5, 0.6) is 5.75 Å². The van der Waals surface area contributed by atoms with Gasteiger partial charge in [-0.1, -0.05) is 6.07 Å². The van der Waals surface area contributed by atoms with Crippen LogP contribution < -0.4 is 5.32 Å². The number of rotatable bonds is 3. The Balaban J connectivity index is 1.74. The number of phenols is 1. The average Bonchev–Trinajstić information content (AvgIpc) is 2.82. The van der Waals surface area contributed by atoms with Gasteiger partial charge in [0.1, 0.15) is 5.75 Å². The Kier molecular flexibility index (Phi) is 3.53. The highest BCUT2D eigenvalue weighted by atomic mass is 32.1. The van der Waals surface area contributed by atoms with Crippen LogP contribution in [0.4, 0.5) is 0 Å². The van der Waals surface area contributed by atoms with Gasteiger partial charge in [0.15, 0.2) is 0 Å². The number of hydrogen-bond acceptors (Lipinski definition) is 4. The Morgan fingerprint density at radius 1 is 1.47 bits per heavy atom. The normalized spacial score (nSPS) is 18.3. The predicted molar refractivity (Wildman–Crippen MR) is 77.5 cm³/mol. The summed E-state index contributed by atoms with van der Waals surface area (Å²) in [7, 11) is 0. The van der Waals surface area contributed by atoms with E-state index in [0.717, 1.165) is 30.1 Å². The first-order chi connectivity index (χ1) is 9.22. The molecule has 0 spiro atoms. The van der Waals surface area contributed by atoms with Gasteiger partial charge < -0.3 is 10.4 Å². The van der Waals surface area contributed by atoms with Crippen molar-refractivity contribution in [1.82, 2.24) is 10.3 Å². The topological polar surface area (TPSA) is 45.2 Å². The van der Waals surface area contributed by atoms with Crippen molar-refractivity contribution >= 4 is 11.3 Å². The fourth-order valence-corrected chi connectivity index (χ4v) is 3.33. The summed E-state index contributed by atoms with van der Waals surface area (Å²) < 4.78 is 0. The summed E-state index contributed by atoms with van der Waals surface area (Å²) in [5.74, 6) is 0.358. The highest BCUT2D eigenvalue weighted by molar-refractivity contribution is 7.09. The van der Waals surface area contributed by atoms with E-state index in [2.05, 4.69) is 15.7 Å². The van der Waals surface area contributed by atoms with E-state index in [9.17, 15) is 5.11 Å². The maximum atomic E-state index is 9.66. The number of nitrogens with zero attached hydrogens (tertiary/aromatic N) is 1. The van der Waals surface area contributed by atoms with E-state index in [1.54, 1.807) is 17.4 Å². The number of fused-ring (bicyclic) bond motifs is 1. The Morgan fingerprint density at radius 3 is 3.16 bits per heavy atom. The summed E-state index contributed by atoms with van der Waals surface area (Å²) in [6.45, 7) is 2.83. The largest absolute Gasteiger partial charge is 0.508 e. The fraction of sp³-hybridized carbons (Fsp3) is 0.400. The molecule has 2 N–H and O–H groups in total. The van der Waals surface area contributed by atoms with Crippen molar-refractivity contribution in [1.29, 1.82) is 0 Å². The lowest BCUT2D eigenvalue weighted by atomic mass is 9.87. The SMILES string of the molecule is Cc1nc(CNC2CCCc3ccc(O)cc32)cs1. The van der Waals surface area contributed by atoms with Crippen LogP contribution in [0.15, 0.2) is 23.6 Å². The van der Waals surface area contributed by atoms with Crippen LogP contribution in [-0.2, 0) is 13.0 Å². The first-order valence-electron chi connectivity index (χ1n) is 6.68. The van der Waals surface area contributed by atoms with Crippen LogP contribution in [0.2, 0.25) is 0 Å². The molecule has 0 saturated carbocycles. The molecular weight excluding hydrogens is 256 g/mol. The molecule has 19 heavy (non-hydrogen) atoms. The molecule has 0 radical (unpaired) electrons. The second kappa shape index (κ2) is 5.31. The lowest BCUT2D eigenvalue weighted by molar-refractivity contribution is 0.444. The first-order valence-corrected chi connectivity index (χ1v) is 7.56. The number of benzene rings is 1. The second-order valence-electron chi connectivity index (χ2n) is 5.07. The highest BCUT2D eigenvalue weighted by Crippen LogP contribution is 2.32. The number of phenolic OH excluding ortho intramolecular Hbond substituents is 1. The van der Waals surface area contributed by atoms with E-state index >= 15 is 0 Å². The van der Waals surface area contributed by atoms with Crippen molar-refractivity contribution in [2.75, 3.05) is 0 Å². The van der Waals surface area contributed by atoms with Crippen LogP contribution in [0, 0.1) is 6.92 Å². The van der Waals surface area contributed by atoms with Gasteiger partial charge in [-0.15, -0.1) is 11.3 Å². The predicted octanol–water partition coefficient (Wildman–Crippen LogP) is 3.32. The van der Waals surface area contributed by atoms with E-state index < -0.39 is 0 Å². The number of aromatic hydroxyl groups is 1. The number of aromatic nitrogens is 1. The fourth-order valence-electron chi connectivity index (χ4n) is 2.72. The van der Waals surface area contributed by atoms with Gasteiger partial charge in [-0.2, -0.15) is 0 Å². The smallest absolute Gasteiger partial charge is 0.115 e. The van der Waals surface area contributed by atoms with Crippen molar-refractivity contribution in [2.24, 2.45) is 0 Å². The second-order valence-corrected chi connectivity index (χ2v) is 6.13. The monoisotopic (exact) mass is 274 g/mol. The van der Waals surface area contributed by atoms with Gasteiger partial charge in [-0.3, -0.25) is 0 Å². The molecule has 2 aromatic rings. The molecule has 0 aliphatic heterocycles. The third-order valence-electron chi connectivity index (χ3n) is 3.64. The molecule has 1 aliphatic rings. The summed E-state index contributed by atoms with van der Waals surface area (Å²) in [4.78, 5) is 4.48. The zero-order chi connectivity index (χ0) is 13.2. The van der Waals surface area contributed by atoms with E-state index in [-0.39, 0.29) is 0 Å². The van der Waals surface area contributed by atoms with E-state index in [1.165, 1.54) is 17.5 Å². The number of aryl methyl sites for hydroxylation is 2. The summed E-state index contributed by atoms with van der Waals surface area (Å²) >= 11 is 1.69. The molecule has 1 unspecified atom stereocenters. The van der Waals surface area contributed by atoms with Gasteiger partial charge in [0.05, 0.1) is 10.7 Å². The lowest BCUT2D eigenvalue weighted by Gasteiger charge is -2.26. The van der Waals surface area contributed by atoms with Gasteiger partial charge in [-0.25, -0.2) is 4.98 Å². The molecule has 100 valence electrons. The lowest BCUT2D eigenvalue weighted by Crippen LogP contribution is -2.25. The van der Waals surface area contributed by atoms with E-state index in [1.807, 2.05) is 19.1 Å². The van der Waals surface area contributed by atoms with Crippen LogP contribution in [0.3, 0.4) is 0 Å². The quantitative estimate of drug-likeness (QED) is 0.902. The van der Waals surface area contributed by atoms with Crippen molar-refractivity contribution in [3.05, 3.63) is 45.4 Å². The Morgan fingerprint density at radius 2 is 2.37 bits per heavy atom. The van der Waals surface area contributed by atoms with Crippen LogP contribution in [0.25, 0.3) is 0 Å². The average molecular weight is 274 g/mol. The molecule has 3 rings (SSSR count). The molecule has 1 atom stereocenters. The van der Waals surface area contributed by atoms with Crippen molar-refractivity contribution in [3.63, 3.8) is 0 Å². The molecule has 0 bridgehead atoms. The Hall–Kier alpha value is -1.39. The maximum absolute atomic E-state index is 9.66. The van der Waals surface area contributed by atoms with Gasteiger partial charge in [0.2, 0.25) is 0 Å². The molecule has 1 heterocycles. The molecule has 1 aliphatic carbocycles. The summed E-state index contributed by atoms with van der Waals surface area (Å²) in [6.07, 6.45) is 3.44. The molecule has 1 aromatic carbocycles. The van der Waals surface area contributed by atoms with Crippen molar-refractivity contribution in [3.8, 4) is 5.75 Å². The van der Waals surface area contributed by atoms with Crippen LogP contribution in [0.1, 0.15) is 40.7 Å². The molecule has 4 heteroatoms. The number of hydrogen-bond donors (Lipinski definition) is 2. The third-order valence-corrected chi connectivity index (χ3v) is 4.46. The number of thiazole rings is 1. The zero-order valence-electron chi connectivity index (χ0n) is 11.0. The van der Waals surface area contributed by atoms with Gasteiger partial charge >= 0.3 is 0 Å². The zero-order valence-corrected chi connectivity index (χ0v) is 11.8. The van der Waals surface area contributed by atoms with Gasteiger partial charge in [-0.05, 0) is 49.4 Å². The standard InChI is InChI=1S/C15H18N2OS/c1-10-17-12(9-19-10)8-16-15-4-2-3-11-5-6-13(18)7-14(11)15/h5-7,9,15-16,18H,2-4,8H2,1H3.